The molecule has 4 nitrogen and oxygen atoms in total. The van der Waals surface area contributed by atoms with E-state index in [0.29, 0.717) is 17.5 Å². The summed E-state index contributed by atoms with van der Waals surface area (Å²) in [6, 6.07) is 0. The quantitative estimate of drug-likeness (QED) is 0.0929. The molecule has 0 bridgehead atoms. The number of hydrogen-bond donors (Lipinski definition) is 1. The van der Waals surface area contributed by atoms with Crippen molar-refractivity contribution in [2.45, 2.75) is 116 Å². The SMILES string of the molecule is CCCCCCCCCCCC=CCCCCOP(=O)(O)C(CCC)[N+](C)(C)C. The van der Waals surface area contributed by atoms with Crippen molar-refractivity contribution < 1.29 is 18.5 Å². The highest BCUT2D eigenvalue weighted by Gasteiger charge is 2.41. The highest BCUT2D eigenvalue weighted by Crippen LogP contribution is 2.51. The summed E-state index contributed by atoms with van der Waals surface area (Å²) in [5.74, 6) is -0.344. The van der Waals surface area contributed by atoms with E-state index in [0.717, 1.165) is 25.7 Å². The normalized spacial score (nSPS) is 15.7. The Bertz CT molecular complexity index is 446. The molecule has 0 aromatic heterocycles. The van der Waals surface area contributed by atoms with Crippen molar-refractivity contribution in [1.82, 2.24) is 0 Å². The van der Waals surface area contributed by atoms with Crippen LogP contribution in [-0.4, -0.2) is 42.9 Å². The fraction of sp³-hybridized carbons (Fsp3) is 0.917. The summed E-state index contributed by atoms with van der Waals surface area (Å²) in [7, 11) is 2.32. The van der Waals surface area contributed by atoms with E-state index in [1.807, 2.05) is 28.1 Å². The summed E-state index contributed by atoms with van der Waals surface area (Å²) >= 11 is 0. The van der Waals surface area contributed by atoms with E-state index in [4.69, 9.17) is 4.52 Å². The van der Waals surface area contributed by atoms with Crippen LogP contribution < -0.4 is 0 Å². The van der Waals surface area contributed by atoms with Gasteiger partial charge in [-0.1, -0.05) is 77.4 Å². The number of quaternary nitrogens is 1. The zero-order valence-corrected chi connectivity index (χ0v) is 21.1. The predicted molar refractivity (Wildman–Crippen MR) is 127 cm³/mol. The van der Waals surface area contributed by atoms with E-state index in [2.05, 4.69) is 19.1 Å². The van der Waals surface area contributed by atoms with Gasteiger partial charge < -0.3 is 13.9 Å². The summed E-state index contributed by atoms with van der Waals surface area (Å²) in [6.45, 7) is 4.69. The van der Waals surface area contributed by atoms with Crippen molar-refractivity contribution in [3.63, 3.8) is 0 Å². The molecule has 0 aliphatic rings. The van der Waals surface area contributed by atoms with Crippen molar-refractivity contribution in [1.29, 1.82) is 0 Å². The first kappa shape index (κ1) is 28.9. The van der Waals surface area contributed by atoms with Crippen LogP contribution >= 0.6 is 7.60 Å². The third kappa shape index (κ3) is 16.2. The molecule has 5 heteroatoms. The van der Waals surface area contributed by atoms with Crippen LogP contribution in [0.5, 0.6) is 0 Å². The van der Waals surface area contributed by atoms with Gasteiger partial charge >= 0.3 is 7.60 Å². The monoisotopic (exact) mass is 432 g/mol. The molecule has 0 saturated carbocycles. The number of hydrogen-bond acceptors (Lipinski definition) is 2. The molecular weight excluding hydrogens is 381 g/mol. The van der Waals surface area contributed by atoms with Crippen LogP contribution in [0.25, 0.3) is 0 Å². The fourth-order valence-corrected chi connectivity index (χ4v) is 5.72. The molecule has 174 valence electrons. The fourth-order valence-electron chi connectivity index (χ4n) is 3.70. The maximum absolute atomic E-state index is 12.6. The molecule has 0 aliphatic heterocycles. The van der Waals surface area contributed by atoms with Crippen LogP contribution in [0, 0.1) is 0 Å². The molecular formula is C24H51NO3P+. The number of nitrogens with zero attached hydrogens (tertiary/aromatic N) is 1. The lowest BCUT2D eigenvalue weighted by molar-refractivity contribution is -0.883. The molecule has 0 aliphatic carbocycles. The second-order valence-corrected chi connectivity index (χ2v) is 11.3. The topological polar surface area (TPSA) is 46.5 Å². The molecule has 0 radical (unpaired) electrons. The van der Waals surface area contributed by atoms with E-state index in [1.54, 1.807) is 0 Å². The number of rotatable bonds is 20. The molecule has 1 N–H and O–H groups in total. The van der Waals surface area contributed by atoms with Crippen LogP contribution in [0.3, 0.4) is 0 Å². The van der Waals surface area contributed by atoms with Gasteiger partial charge in [-0.15, -0.1) is 0 Å². The first-order chi connectivity index (χ1) is 13.8. The molecule has 0 heterocycles. The molecule has 2 atom stereocenters. The Morgan fingerprint density at radius 1 is 0.793 bits per heavy atom. The molecule has 0 amide bonds. The molecule has 0 fully saturated rings. The van der Waals surface area contributed by atoms with Crippen LogP contribution in [-0.2, 0) is 9.09 Å². The van der Waals surface area contributed by atoms with Gasteiger partial charge in [0.2, 0.25) is 0 Å². The molecule has 0 aromatic rings. The third-order valence-electron chi connectivity index (χ3n) is 5.50. The first-order valence-electron chi connectivity index (χ1n) is 12.2. The van der Waals surface area contributed by atoms with E-state index < -0.39 is 7.60 Å². The summed E-state index contributed by atoms with van der Waals surface area (Å²) in [5.41, 5.74) is 0. The number of allylic oxidation sites excluding steroid dienone is 2. The first-order valence-corrected chi connectivity index (χ1v) is 13.8. The maximum atomic E-state index is 12.6. The maximum Gasteiger partial charge on any atom is 0.385 e. The molecule has 0 aromatic carbocycles. The smallest absolute Gasteiger partial charge is 0.320 e. The number of unbranched alkanes of at least 4 members (excludes halogenated alkanes) is 11. The van der Waals surface area contributed by atoms with Gasteiger partial charge in [0.05, 0.1) is 27.7 Å². The van der Waals surface area contributed by atoms with Crippen LogP contribution in [0.15, 0.2) is 12.2 Å². The Hall–Kier alpha value is -0.150. The Labute approximate surface area is 182 Å². The van der Waals surface area contributed by atoms with Crippen LogP contribution in [0.1, 0.15) is 110 Å². The van der Waals surface area contributed by atoms with Gasteiger partial charge in [-0.3, -0.25) is 4.57 Å². The average Bonchev–Trinajstić information content (AvgIpc) is 2.64. The van der Waals surface area contributed by atoms with E-state index in [9.17, 15) is 9.46 Å². The van der Waals surface area contributed by atoms with Crippen LogP contribution in [0.4, 0.5) is 0 Å². The minimum Gasteiger partial charge on any atom is -0.320 e. The Balaban J connectivity index is 3.67. The Kier molecular flexibility index (Phi) is 17.4. The molecule has 2 unspecified atom stereocenters. The molecule has 0 spiro atoms. The van der Waals surface area contributed by atoms with Crippen molar-refractivity contribution in [3.05, 3.63) is 12.2 Å². The van der Waals surface area contributed by atoms with Gasteiger partial charge in [-0.2, -0.15) is 0 Å². The lowest BCUT2D eigenvalue weighted by Crippen LogP contribution is -2.45. The summed E-state index contributed by atoms with van der Waals surface area (Å²) in [5, 5.41) is 0. The Morgan fingerprint density at radius 3 is 1.76 bits per heavy atom. The summed E-state index contributed by atoms with van der Waals surface area (Å²) in [4.78, 5) is 10.4. The standard InChI is InChI=1S/C24H50NO3P/c1-6-8-9-10-11-12-13-14-15-16-17-18-19-20-21-23-28-29(26,27)24(22-7-2)25(3,4)5/h17-18,24H,6-16,19-23H2,1-5H3/p+1. The van der Waals surface area contributed by atoms with Crippen molar-refractivity contribution in [2.24, 2.45) is 0 Å². The highest BCUT2D eigenvalue weighted by atomic mass is 31.2. The minimum absolute atomic E-state index is 0.344. The zero-order chi connectivity index (χ0) is 22.0. The average molecular weight is 433 g/mol. The lowest BCUT2D eigenvalue weighted by Gasteiger charge is -2.35. The van der Waals surface area contributed by atoms with Gasteiger partial charge in [-0.05, 0) is 38.5 Å². The van der Waals surface area contributed by atoms with Crippen molar-refractivity contribution >= 4 is 7.60 Å². The van der Waals surface area contributed by atoms with E-state index in [-0.39, 0.29) is 5.78 Å². The minimum atomic E-state index is -3.57. The highest BCUT2D eigenvalue weighted by molar-refractivity contribution is 7.53. The van der Waals surface area contributed by atoms with Crippen LogP contribution in [0.2, 0.25) is 0 Å². The van der Waals surface area contributed by atoms with Gasteiger partial charge in [0.1, 0.15) is 0 Å². The summed E-state index contributed by atoms with van der Waals surface area (Å²) < 4.78 is 18.5. The lowest BCUT2D eigenvalue weighted by atomic mass is 10.1. The van der Waals surface area contributed by atoms with Gasteiger partial charge in [0, 0.05) is 6.42 Å². The van der Waals surface area contributed by atoms with Gasteiger partial charge in [0.15, 0.2) is 5.78 Å². The van der Waals surface area contributed by atoms with Gasteiger partial charge in [-0.25, -0.2) is 0 Å². The molecule has 29 heavy (non-hydrogen) atoms. The second kappa shape index (κ2) is 17.5. The van der Waals surface area contributed by atoms with Crippen molar-refractivity contribution in [3.8, 4) is 0 Å². The molecule has 0 rings (SSSR count). The van der Waals surface area contributed by atoms with E-state index in [1.165, 1.54) is 64.2 Å². The van der Waals surface area contributed by atoms with E-state index >= 15 is 0 Å². The third-order valence-corrected chi connectivity index (χ3v) is 7.76. The predicted octanol–water partition coefficient (Wildman–Crippen LogP) is 7.67. The Morgan fingerprint density at radius 2 is 1.28 bits per heavy atom. The largest absolute Gasteiger partial charge is 0.385 e. The van der Waals surface area contributed by atoms with Crippen molar-refractivity contribution in [2.75, 3.05) is 27.7 Å². The second-order valence-electron chi connectivity index (χ2n) is 9.37. The zero-order valence-electron chi connectivity index (χ0n) is 20.2. The van der Waals surface area contributed by atoms with Gasteiger partial charge in [0.25, 0.3) is 0 Å². The summed E-state index contributed by atoms with van der Waals surface area (Å²) in [6.07, 6.45) is 22.6. The molecule has 0 saturated heterocycles.